The summed E-state index contributed by atoms with van der Waals surface area (Å²) in [6, 6.07) is 3.95. The van der Waals surface area contributed by atoms with E-state index < -0.39 is 16.0 Å². The summed E-state index contributed by atoms with van der Waals surface area (Å²) < 4.78 is 27.8. The number of anilines is 1. The van der Waals surface area contributed by atoms with Gasteiger partial charge in [-0.05, 0) is 31.0 Å². The van der Waals surface area contributed by atoms with Gasteiger partial charge in [-0.1, -0.05) is 18.9 Å². The predicted molar refractivity (Wildman–Crippen MR) is 84.7 cm³/mol. The third-order valence-corrected chi connectivity index (χ3v) is 5.19. The molecule has 2 rings (SSSR count). The quantitative estimate of drug-likeness (QED) is 0.668. The molecule has 1 fully saturated rings. The fraction of sp³-hybridized carbons (Fsp3) is 0.400. The lowest BCUT2D eigenvalue weighted by atomic mass is 10.2. The second kappa shape index (κ2) is 6.93. The Labute approximate surface area is 130 Å². The van der Waals surface area contributed by atoms with Crippen LogP contribution in [-0.4, -0.2) is 32.1 Å². The number of nitrogens with one attached hydrogen (secondary N) is 2. The molecule has 0 spiro atoms. The van der Waals surface area contributed by atoms with Crippen LogP contribution in [-0.2, 0) is 10.0 Å². The molecular weight excluding hydrogens is 304 g/mol. The first-order chi connectivity index (χ1) is 10.4. The molecule has 0 heterocycles. The molecule has 0 amide bonds. The van der Waals surface area contributed by atoms with Crippen LogP contribution in [0.15, 0.2) is 35.7 Å². The number of carboxylic acid groups (broad SMARTS) is 1. The molecule has 0 aliphatic heterocycles. The van der Waals surface area contributed by atoms with E-state index >= 15 is 0 Å². The van der Waals surface area contributed by atoms with Gasteiger partial charge < -0.3 is 10.4 Å². The van der Waals surface area contributed by atoms with Crippen molar-refractivity contribution in [2.75, 3.05) is 11.9 Å². The minimum Gasteiger partial charge on any atom is -0.478 e. The third-order valence-electron chi connectivity index (χ3n) is 3.63. The number of sulfonamides is 1. The van der Waals surface area contributed by atoms with Crippen LogP contribution in [0.5, 0.6) is 0 Å². The van der Waals surface area contributed by atoms with Crippen LogP contribution >= 0.6 is 0 Å². The maximum absolute atomic E-state index is 12.6. The van der Waals surface area contributed by atoms with Crippen molar-refractivity contribution in [2.45, 2.75) is 36.6 Å². The largest absolute Gasteiger partial charge is 0.478 e. The van der Waals surface area contributed by atoms with Crippen molar-refractivity contribution < 1.29 is 18.3 Å². The van der Waals surface area contributed by atoms with Gasteiger partial charge in [-0.25, -0.2) is 17.9 Å². The van der Waals surface area contributed by atoms with Gasteiger partial charge in [0.25, 0.3) is 0 Å². The highest BCUT2D eigenvalue weighted by Crippen LogP contribution is 2.26. The number of carbonyl (C=O) groups is 1. The van der Waals surface area contributed by atoms with Crippen LogP contribution in [0.3, 0.4) is 0 Å². The topological polar surface area (TPSA) is 95.5 Å². The van der Waals surface area contributed by atoms with Crippen LogP contribution in [0.1, 0.15) is 36.0 Å². The van der Waals surface area contributed by atoms with Gasteiger partial charge in [0.1, 0.15) is 4.90 Å². The minimum absolute atomic E-state index is 0.0406. The van der Waals surface area contributed by atoms with Gasteiger partial charge in [0.2, 0.25) is 10.0 Å². The number of carboxylic acids is 1. The van der Waals surface area contributed by atoms with E-state index in [9.17, 15) is 13.2 Å². The lowest BCUT2D eigenvalue weighted by Crippen LogP contribution is -2.33. The zero-order valence-electron chi connectivity index (χ0n) is 12.2. The van der Waals surface area contributed by atoms with E-state index in [1.54, 1.807) is 6.08 Å². The van der Waals surface area contributed by atoms with Gasteiger partial charge in [0, 0.05) is 12.6 Å². The first-order valence-corrected chi connectivity index (χ1v) is 8.67. The second-order valence-corrected chi connectivity index (χ2v) is 6.97. The normalized spacial score (nSPS) is 15.6. The molecule has 0 atom stereocenters. The number of aromatic carboxylic acids is 1. The summed E-state index contributed by atoms with van der Waals surface area (Å²) >= 11 is 0. The molecule has 120 valence electrons. The molecule has 7 heteroatoms. The van der Waals surface area contributed by atoms with Crippen LogP contribution in [0.25, 0.3) is 0 Å². The molecule has 1 aromatic rings. The van der Waals surface area contributed by atoms with Gasteiger partial charge in [-0.3, -0.25) is 0 Å². The smallest absolute Gasteiger partial charge is 0.335 e. The number of hydrogen-bond acceptors (Lipinski definition) is 4. The Morgan fingerprint density at radius 1 is 1.36 bits per heavy atom. The summed E-state index contributed by atoms with van der Waals surface area (Å²) in [4.78, 5) is 11.1. The van der Waals surface area contributed by atoms with Gasteiger partial charge >= 0.3 is 5.97 Å². The van der Waals surface area contributed by atoms with Crippen molar-refractivity contribution >= 4 is 21.7 Å². The van der Waals surface area contributed by atoms with Gasteiger partial charge in [-0.15, -0.1) is 6.58 Å². The Hall–Kier alpha value is -1.86. The fourth-order valence-corrected chi connectivity index (χ4v) is 4.05. The van der Waals surface area contributed by atoms with Gasteiger partial charge in [0.05, 0.1) is 11.3 Å². The first-order valence-electron chi connectivity index (χ1n) is 7.18. The Balaban J connectivity index is 2.37. The second-order valence-electron chi connectivity index (χ2n) is 5.29. The van der Waals surface area contributed by atoms with Crippen LogP contribution in [0.2, 0.25) is 0 Å². The first kappa shape index (κ1) is 16.5. The summed E-state index contributed by atoms with van der Waals surface area (Å²) in [5.74, 6) is -1.16. The molecule has 1 aliphatic rings. The van der Waals surface area contributed by atoms with E-state index in [-0.39, 0.29) is 16.5 Å². The van der Waals surface area contributed by atoms with Gasteiger partial charge in [0.15, 0.2) is 0 Å². The average Bonchev–Trinajstić information content (AvgIpc) is 2.96. The Kier molecular flexibility index (Phi) is 5.20. The molecule has 0 aromatic heterocycles. The van der Waals surface area contributed by atoms with Crippen LogP contribution in [0.4, 0.5) is 5.69 Å². The van der Waals surface area contributed by atoms with Crippen molar-refractivity contribution in [3.63, 3.8) is 0 Å². The lowest BCUT2D eigenvalue weighted by molar-refractivity contribution is 0.0696. The van der Waals surface area contributed by atoms with Crippen molar-refractivity contribution in [3.8, 4) is 0 Å². The molecule has 0 saturated heterocycles. The molecule has 22 heavy (non-hydrogen) atoms. The van der Waals surface area contributed by atoms with E-state index in [2.05, 4.69) is 16.6 Å². The van der Waals surface area contributed by atoms with Gasteiger partial charge in [-0.2, -0.15) is 0 Å². The molecule has 0 radical (unpaired) electrons. The Bertz CT molecular complexity index is 664. The van der Waals surface area contributed by atoms with Crippen LogP contribution < -0.4 is 10.0 Å². The molecule has 1 aliphatic carbocycles. The summed E-state index contributed by atoms with van der Waals surface area (Å²) in [7, 11) is -3.77. The highest BCUT2D eigenvalue weighted by Gasteiger charge is 2.26. The molecule has 0 unspecified atom stereocenters. The Morgan fingerprint density at radius 2 is 2.05 bits per heavy atom. The molecule has 1 aromatic carbocycles. The maximum atomic E-state index is 12.6. The van der Waals surface area contributed by atoms with Crippen molar-refractivity contribution in [2.24, 2.45) is 0 Å². The fourth-order valence-electron chi connectivity index (χ4n) is 2.53. The van der Waals surface area contributed by atoms with E-state index in [0.717, 1.165) is 25.7 Å². The summed E-state index contributed by atoms with van der Waals surface area (Å²) in [6.45, 7) is 3.96. The van der Waals surface area contributed by atoms with Crippen molar-refractivity contribution in [1.82, 2.24) is 4.72 Å². The van der Waals surface area contributed by atoms with E-state index in [0.29, 0.717) is 12.2 Å². The molecular formula is C15H20N2O4S. The van der Waals surface area contributed by atoms with E-state index in [1.165, 1.54) is 18.2 Å². The minimum atomic E-state index is -3.77. The van der Waals surface area contributed by atoms with Crippen molar-refractivity contribution in [1.29, 1.82) is 0 Å². The number of rotatable bonds is 7. The molecule has 1 saturated carbocycles. The van der Waals surface area contributed by atoms with Crippen molar-refractivity contribution in [3.05, 3.63) is 36.4 Å². The average molecular weight is 324 g/mol. The predicted octanol–water partition coefficient (Wildman–Crippen LogP) is 2.20. The van der Waals surface area contributed by atoms with E-state index in [4.69, 9.17) is 5.11 Å². The monoisotopic (exact) mass is 324 g/mol. The lowest BCUT2D eigenvalue weighted by Gasteiger charge is -2.16. The summed E-state index contributed by atoms with van der Waals surface area (Å²) in [5, 5.41) is 12.0. The molecule has 6 nitrogen and oxygen atoms in total. The highest BCUT2D eigenvalue weighted by atomic mass is 32.2. The maximum Gasteiger partial charge on any atom is 0.335 e. The third kappa shape index (κ3) is 3.86. The number of hydrogen-bond donors (Lipinski definition) is 3. The standard InChI is InChI=1S/C15H20N2O4S/c1-2-9-16-13-8-7-11(15(18)19)10-14(13)22(20,21)17-12-5-3-4-6-12/h2,7-8,10,12,16-17H,1,3-6,9H2,(H,18,19). The SMILES string of the molecule is C=CCNc1ccc(C(=O)O)cc1S(=O)(=O)NC1CCCC1. The zero-order chi connectivity index (χ0) is 16.2. The zero-order valence-corrected chi connectivity index (χ0v) is 13.0. The Morgan fingerprint density at radius 3 is 2.64 bits per heavy atom. The number of benzene rings is 1. The summed E-state index contributed by atoms with van der Waals surface area (Å²) in [5.41, 5.74) is 0.311. The van der Waals surface area contributed by atoms with Crippen LogP contribution in [0, 0.1) is 0 Å². The van der Waals surface area contributed by atoms with E-state index in [1.807, 2.05) is 0 Å². The summed E-state index contributed by atoms with van der Waals surface area (Å²) in [6.07, 6.45) is 5.24. The highest BCUT2D eigenvalue weighted by molar-refractivity contribution is 7.89. The molecule has 3 N–H and O–H groups in total. The molecule has 0 bridgehead atoms.